The minimum absolute atomic E-state index is 0.0425. The highest BCUT2D eigenvalue weighted by Gasteiger charge is 2.34. The van der Waals surface area contributed by atoms with Gasteiger partial charge in [-0.1, -0.05) is 51.7 Å². The zero-order valence-electron chi connectivity index (χ0n) is 16.6. The van der Waals surface area contributed by atoms with Gasteiger partial charge >= 0.3 is 0 Å². The maximum Gasteiger partial charge on any atom is 0.294 e. The summed E-state index contributed by atoms with van der Waals surface area (Å²) in [6.45, 7) is 4.74. The summed E-state index contributed by atoms with van der Waals surface area (Å²) >= 11 is 4.39. The molecule has 0 spiro atoms. The molecule has 30 heavy (non-hydrogen) atoms. The summed E-state index contributed by atoms with van der Waals surface area (Å²) in [5.74, 6) is 3.08. The Kier molecular flexibility index (Phi) is 7.24. The van der Waals surface area contributed by atoms with Crippen molar-refractivity contribution < 1.29 is 19.1 Å². The zero-order chi connectivity index (χ0) is 21.7. The normalized spacial score (nSPS) is 14.9. The molecule has 0 unspecified atom stereocenters. The van der Waals surface area contributed by atoms with Crippen molar-refractivity contribution in [3.8, 4) is 23.8 Å². The molecule has 1 fully saturated rings. The summed E-state index contributed by atoms with van der Waals surface area (Å²) in [6, 6.07) is 11.7. The molecule has 154 valence electrons. The molecule has 0 bridgehead atoms. The largest absolute Gasteiger partial charge is 0.490 e. The molecule has 0 radical (unpaired) electrons. The lowest BCUT2D eigenvalue weighted by atomic mass is 10.1. The van der Waals surface area contributed by atoms with Gasteiger partial charge in [-0.2, -0.15) is 0 Å². The van der Waals surface area contributed by atoms with Crippen molar-refractivity contribution in [3.05, 3.63) is 62.5 Å². The number of benzene rings is 2. The van der Waals surface area contributed by atoms with Gasteiger partial charge in [0, 0.05) is 4.47 Å². The molecule has 2 amide bonds. The summed E-state index contributed by atoms with van der Waals surface area (Å²) in [5.41, 5.74) is 2.92. The number of halogens is 1. The zero-order valence-corrected chi connectivity index (χ0v) is 19.0. The van der Waals surface area contributed by atoms with Gasteiger partial charge in [-0.05, 0) is 54.9 Å². The molecule has 0 N–H and O–H groups in total. The fraction of sp³-hybridized carbons (Fsp3) is 0.217. The van der Waals surface area contributed by atoms with Crippen molar-refractivity contribution >= 4 is 44.9 Å². The fourth-order valence-electron chi connectivity index (χ4n) is 2.87. The minimum atomic E-state index is -0.396. The number of amides is 2. The number of imide groups is 1. The summed E-state index contributed by atoms with van der Waals surface area (Å²) in [6.07, 6.45) is 6.89. The van der Waals surface area contributed by atoms with Crippen LogP contribution in [-0.4, -0.2) is 29.2 Å². The number of carbonyl (C=O) groups is 2. The third-order valence-corrected chi connectivity index (χ3v) is 5.84. The molecule has 0 saturated carbocycles. The van der Waals surface area contributed by atoms with Gasteiger partial charge in [0.1, 0.15) is 6.61 Å². The second-order valence-electron chi connectivity index (χ2n) is 6.50. The van der Waals surface area contributed by atoms with Crippen LogP contribution in [0.3, 0.4) is 0 Å². The quantitative estimate of drug-likeness (QED) is 0.387. The summed E-state index contributed by atoms with van der Waals surface area (Å²) < 4.78 is 12.5. The van der Waals surface area contributed by atoms with Crippen LogP contribution < -0.4 is 9.47 Å². The number of terminal acetylenes is 1. The molecular formula is C23H20BrNO4S. The third kappa shape index (κ3) is 5.07. The summed E-state index contributed by atoms with van der Waals surface area (Å²) in [5, 5.41) is -0.372. The highest BCUT2D eigenvalue weighted by Crippen LogP contribution is 2.38. The van der Waals surface area contributed by atoms with E-state index in [9.17, 15) is 9.59 Å². The topological polar surface area (TPSA) is 55.8 Å². The van der Waals surface area contributed by atoms with E-state index in [0.717, 1.165) is 27.8 Å². The molecule has 2 aromatic rings. The molecule has 3 rings (SSSR count). The highest BCUT2D eigenvalue weighted by molar-refractivity contribution is 9.10. The monoisotopic (exact) mass is 485 g/mol. The molecule has 0 aliphatic carbocycles. The number of hydrogen-bond donors (Lipinski definition) is 0. The molecule has 1 heterocycles. The highest BCUT2D eigenvalue weighted by atomic mass is 79.9. The van der Waals surface area contributed by atoms with Crippen molar-refractivity contribution in [2.45, 2.75) is 20.5 Å². The van der Waals surface area contributed by atoms with Crippen LogP contribution in [0.2, 0.25) is 0 Å². The number of aryl methyl sites for hydroxylation is 1. The average molecular weight is 486 g/mol. The number of hydrogen-bond acceptors (Lipinski definition) is 5. The first kappa shape index (κ1) is 22.0. The van der Waals surface area contributed by atoms with E-state index in [1.165, 1.54) is 0 Å². The van der Waals surface area contributed by atoms with E-state index in [1.807, 2.05) is 32.0 Å². The van der Waals surface area contributed by atoms with Gasteiger partial charge in [-0.3, -0.25) is 14.5 Å². The first-order valence-corrected chi connectivity index (χ1v) is 10.9. The maximum absolute atomic E-state index is 12.4. The van der Waals surface area contributed by atoms with Crippen LogP contribution in [-0.2, 0) is 11.4 Å². The van der Waals surface area contributed by atoms with Gasteiger partial charge in [-0.15, -0.1) is 6.42 Å². The number of thioether (sulfide) groups is 1. The van der Waals surface area contributed by atoms with E-state index in [4.69, 9.17) is 15.9 Å². The minimum Gasteiger partial charge on any atom is -0.490 e. The fourth-order valence-corrected chi connectivity index (χ4v) is 4.14. The van der Waals surface area contributed by atoms with Crippen LogP contribution in [0.15, 0.2) is 45.8 Å². The van der Waals surface area contributed by atoms with Crippen molar-refractivity contribution in [2.75, 3.05) is 13.2 Å². The van der Waals surface area contributed by atoms with Crippen molar-refractivity contribution in [1.29, 1.82) is 0 Å². The van der Waals surface area contributed by atoms with E-state index in [-0.39, 0.29) is 11.8 Å². The number of carbonyl (C=O) groups excluding carboxylic acids is 2. The van der Waals surface area contributed by atoms with Crippen molar-refractivity contribution in [2.24, 2.45) is 0 Å². The molecule has 1 aliphatic rings. The van der Waals surface area contributed by atoms with E-state index in [1.54, 1.807) is 18.2 Å². The first-order chi connectivity index (χ1) is 14.4. The van der Waals surface area contributed by atoms with E-state index >= 15 is 0 Å². The molecule has 2 aromatic carbocycles. The van der Waals surface area contributed by atoms with Gasteiger partial charge < -0.3 is 9.47 Å². The van der Waals surface area contributed by atoms with Gasteiger partial charge in [0.25, 0.3) is 11.1 Å². The molecule has 7 heteroatoms. The number of rotatable bonds is 7. The first-order valence-electron chi connectivity index (χ1n) is 9.26. The van der Waals surface area contributed by atoms with Crippen LogP contribution in [0, 0.1) is 19.3 Å². The molecule has 1 aliphatic heterocycles. The third-order valence-electron chi connectivity index (χ3n) is 4.25. The van der Waals surface area contributed by atoms with E-state index in [2.05, 4.69) is 27.9 Å². The van der Waals surface area contributed by atoms with E-state index in [0.29, 0.717) is 39.7 Å². The molecule has 0 atom stereocenters. The van der Waals surface area contributed by atoms with Gasteiger partial charge in [-0.25, -0.2) is 0 Å². The van der Waals surface area contributed by atoms with Crippen LogP contribution >= 0.6 is 27.7 Å². The lowest BCUT2D eigenvalue weighted by molar-refractivity contribution is -0.122. The Morgan fingerprint density at radius 2 is 1.97 bits per heavy atom. The van der Waals surface area contributed by atoms with Crippen LogP contribution in [0.1, 0.15) is 23.6 Å². The van der Waals surface area contributed by atoms with Crippen LogP contribution in [0.25, 0.3) is 6.08 Å². The van der Waals surface area contributed by atoms with Gasteiger partial charge in [0.05, 0.1) is 18.1 Å². The predicted molar refractivity (Wildman–Crippen MR) is 122 cm³/mol. The Bertz CT molecular complexity index is 1060. The summed E-state index contributed by atoms with van der Waals surface area (Å²) in [4.78, 5) is 25.8. The Hall–Kier alpha value is -2.69. The SMILES string of the molecule is C#CCN1C(=O)S/C(=C/c2cc(OCC)c(OCc3cccc(C)c3)cc2Br)C1=O. The Morgan fingerprint density at radius 3 is 2.67 bits per heavy atom. The predicted octanol–water partition coefficient (Wildman–Crippen LogP) is 5.40. The Balaban J connectivity index is 1.87. The molecule has 5 nitrogen and oxygen atoms in total. The van der Waals surface area contributed by atoms with Gasteiger partial charge in [0.2, 0.25) is 0 Å². The van der Waals surface area contributed by atoms with Crippen LogP contribution in [0.4, 0.5) is 4.79 Å². The second kappa shape index (κ2) is 9.88. The summed E-state index contributed by atoms with van der Waals surface area (Å²) in [7, 11) is 0. The van der Waals surface area contributed by atoms with Crippen molar-refractivity contribution in [1.82, 2.24) is 4.90 Å². The van der Waals surface area contributed by atoms with Crippen LogP contribution in [0.5, 0.6) is 11.5 Å². The lowest BCUT2D eigenvalue weighted by Crippen LogP contribution is -2.28. The standard InChI is InChI=1S/C23H20BrNO4S/c1-4-9-25-22(26)21(30-23(25)27)12-17-11-19(28-5-2)20(13-18(17)24)29-14-16-8-6-7-15(3)10-16/h1,6-8,10-13H,5,9,14H2,2-3H3/b21-12+. The Morgan fingerprint density at radius 1 is 1.20 bits per heavy atom. The molecular weight excluding hydrogens is 466 g/mol. The second-order valence-corrected chi connectivity index (χ2v) is 8.35. The van der Waals surface area contributed by atoms with Gasteiger partial charge in [0.15, 0.2) is 11.5 Å². The number of ether oxygens (including phenoxy) is 2. The smallest absolute Gasteiger partial charge is 0.294 e. The molecule has 1 saturated heterocycles. The maximum atomic E-state index is 12.4. The van der Waals surface area contributed by atoms with E-state index < -0.39 is 5.91 Å². The Labute approximate surface area is 188 Å². The molecule has 0 aromatic heterocycles. The lowest BCUT2D eigenvalue weighted by Gasteiger charge is -2.14. The average Bonchev–Trinajstić information content (AvgIpc) is 2.97. The number of nitrogens with zero attached hydrogens (tertiary/aromatic N) is 1. The van der Waals surface area contributed by atoms with Crippen molar-refractivity contribution in [3.63, 3.8) is 0 Å².